The van der Waals surface area contributed by atoms with E-state index in [1.807, 2.05) is 30.1 Å². The van der Waals surface area contributed by atoms with Crippen LogP contribution in [0.4, 0.5) is 11.4 Å². The highest BCUT2D eigenvalue weighted by atomic mass is 32.2. The van der Waals surface area contributed by atoms with Crippen molar-refractivity contribution >= 4 is 21.4 Å². The molecule has 6 nitrogen and oxygen atoms in total. The molecule has 7 heteroatoms. The fraction of sp³-hybridized carbons (Fsp3) is 0.308. The highest BCUT2D eigenvalue weighted by molar-refractivity contribution is 7.92. The van der Waals surface area contributed by atoms with E-state index in [9.17, 15) is 8.42 Å². The zero-order valence-corrected chi connectivity index (χ0v) is 12.3. The van der Waals surface area contributed by atoms with Crippen molar-refractivity contribution in [2.45, 2.75) is 20.0 Å². The molecule has 2 rings (SSSR count). The van der Waals surface area contributed by atoms with Gasteiger partial charge in [-0.1, -0.05) is 6.07 Å². The maximum atomic E-state index is 11.2. The van der Waals surface area contributed by atoms with Crippen LogP contribution < -0.4 is 10.0 Å². The van der Waals surface area contributed by atoms with Crippen LogP contribution in [0.15, 0.2) is 36.7 Å². The number of sulfonamides is 1. The fourth-order valence-corrected chi connectivity index (χ4v) is 2.34. The van der Waals surface area contributed by atoms with Gasteiger partial charge in [-0.25, -0.2) is 8.42 Å². The van der Waals surface area contributed by atoms with Crippen LogP contribution in [-0.4, -0.2) is 24.5 Å². The maximum Gasteiger partial charge on any atom is 0.229 e. The maximum absolute atomic E-state index is 11.2. The molecule has 20 heavy (non-hydrogen) atoms. The van der Waals surface area contributed by atoms with Crippen molar-refractivity contribution in [3.63, 3.8) is 0 Å². The van der Waals surface area contributed by atoms with Crippen molar-refractivity contribution < 1.29 is 8.42 Å². The van der Waals surface area contributed by atoms with Crippen molar-refractivity contribution in [1.29, 1.82) is 0 Å². The molecule has 0 atom stereocenters. The molecule has 0 fully saturated rings. The monoisotopic (exact) mass is 294 g/mol. The number of aromatic nitrogens is 2. The first-order chi connectivity index (χ1) is 9.46. The molecule has 1 aromatic carbocycles. The van der Waals surface area contributed by atoms with E-state index < -0.39 is 10.0 Å². The van der Waals surface area contributed by atoms with E-state index in [2.05, 4.69) is 15.1 Å². The fourth-order valence-electron chi connectivity index (χ4n) is 1.78. The Hall–Kier alpha value is -2.02. The third kappa shape index (κ3) is 4.27. The number of nitrogens with zero attached hydrogens (tertiary/aromatic N) is 2. The van der Waals surface area contributed by atoms with Crippen LogP contribution in [0.3, 0.4) is 0 Å². The van der Waals surface area contributed by atoms with Crippen LogP contribution in [0.5, 0.6) is 0 Å². The van der Waals surface area contributed by atoms with Gasteiger partial charge in [0.1, 0.15) is 0 Å². The van der Waals surface area contributed by atoms with Gasteiger partial charge in [-0.3, -0.25) is 9.40 Å². The topological polar surface area (TPSA) is 76.0 Å². The van der Waals surface area contributed by atoms with Crippen LogP contribution >= 0.6 is 0 Å². The largest absolute Gasteiger partial charge is 0.381 e. The summed E-state index contributed by atoms with van der Waals surface area (Å²) in [4.78, 5) is 0. The van der Waals surface area contributed by atoms with E-state index in [0.29, 0.717) is 12.2 Å². The first-order valence-electron chi connectivity index (χ1n) is 6.29. The average molecular weight is 294 g/mol. The highest BCUT2D eigenvalue weighted by Gasteiger charge is 2.03. The summed E-state index contributed by atoms with van der Waals surface area (Å²) in [5, 5.41) is 7.43. The molecular formula is C13H18N4O2S. The number of aryl methyl sites for hydroxylation is 1. The second kappa shape index (κ2) is 5.96. The second-order valence-electron chi connectivity index (χ2n) is 4.51. The van der Waals surface area contributed by atoms with Gasteiger partial charge in [-0.15, -0.1) is 0 Å². The predicted molar refractivity (Wildman–Crippen MR) is 80.1 cm³/mol. The Balaban J connectivity index is 2.01. The lowest BCUT2D eigenvalue weighted by atomic mass is 10.2. The number of anilines is 2. The van der Waals surface area contributed by atoms with E-state index in [-0.39, 0.29) is 0 Å². The van der Waals surface area contributed by atoms with Crippen LogP contribution in [0.1, 0.15) is 12.5 Å². The highest BCUT2D eigenvalue weighted by Crippen LogP contribution is 2.16. The Morgan fingerprint density at radius 3 is 2.70 bits per heavy atom. The Morgan fingerprint density at radius 2 is 2.05 bits per heavy atom. The SMILES string of the molecule is CCn1cc(CNc2cccc(NS(C)(=O)=O)c2)cn1. The molecule has 0 amide bonds. The number of benzene rings is 1. The minimum Gasteiger partial charge on any atom is -0.381 e. The number of rotatable bonds is 6. The average Bonchev–Trinajstić information content (AvgIpc) is 2.83. The molecule has 0 saturated carbocycles. The Bertz CT molecular complexity index is 679. The molecular weight excluding hydrogens is 276 g/mol. The summed E-state index contributed by atoms with van der Waals surface area (Å²) in [6, 6.07) is 7.15. The molecule has 0 radical (unpaired) electrons. The van der Waals surface area contributed by atoms with E-state index in [4.69, 9.17) is 0 Å². The Morgan fingerprint density at radius 1 is 1.30 bits per heavy atom. The van der Waals surface area contributed by atoms with Crippen molar-refractivity contribution in [3.05, 3.63) is 42.2 Å². The molecule has 2 aromatic rings. The van der Waals surface area contributed by atoms with Gasteiger partial charge in [-0.2, -0.15) is 5.10 Å². The lowest BCUT2D eigenvalue weighted by Gasteiger charge is -2.08. The molecule has 2 N–H and O–H groups in total. The molecule has 0 aliphatic heterocycles. The molecule has 1 heterocycles. The van der Waals surface area contributed by atoms with E-state index in [1.54, 1.807) is 18.2 Å². The summed E-state index contributed by atoms with van der Waals surface area (Å²) in [5.74, 6) is 0. The molecule has 0 spiro atoms. The van der Waals surface area contributed by atoms with Gasteiger partial charge in [0.05, 0.1) is 18.1 Å². The van der Waals surface area contributed by atoms with Crippen molar-refractivity contribution in [1.82, 2.24) is 9.78 Å². The zero-order valence-electron chi connectivity index (χ0n) is 11.5. The van der Waals surface area contributed by atoms with E-state index in [0.717, 1.165) is 24.1 Å². The second-order valence-corrected chi connectivity index (χ2v) is 6.26. The summed E-state index contributed by atoms with van der Waals surface area (Å²) in [7, 11) is -3.25. The molecule has 1 aromatic heterocycles. The molecule has 0 aliphatic carbocycles. The first-order valence-corrected chi connectivity index (χ1v) is 8.18. The normalized spacial score (nSPS) is 11.3. The van der Waals surface area contributed by atoms with E-state index >= 15 is 0 Å². The lowest BCUT2D eigenvalue weighted by Crippen LogP contribution is -2.09. The third-order valence-corrected chi connectivity index (χ3v) is 3.28. The van der Waals surface area contributed by atoms with Crippen LogP contribution in [0.25, 0.3) is 0 Å². The quantitative estimate of drug-likeness (QED) is 0.853. The minimum absolute atomic E-state index is 0.543. The van der Waals surface area contributed by atoms with E-state index in [1.165, 1.54) is 0 Å². The van der Waals surface area contributed by atoms with Crippen molar-refractivity contribution in [2.75, 3.05) is 16.3 Å². The summed E-state index contributed by atoms with van der Waals surface area (Å²) < 4.78 is 26.7. The van der Waals surface area contributed by atoms with Crippen LogP contribution in [-0.2, 0) is 23.1 Å². The molecule has 0 bridgehead atoms. The standard InChI is InChI=1S/C13H18N4O2S/c1-3-17-10-11(9-15-17)8-14-12-5-4-6-13(7-12)16-20(2,18)19/h4-7,9-10,14,16H,3,8H2,1-2H3. The lowest BCUT2D eigenvalue weighted by molar-refractivity contribution is 0.607. The number of hydrogen-bond acceptors (Lipinski definition) is 4. The van der Waals surface area contributed by atoms with Crippen LogP contribution in [0.2, 0.25) is 0 Å². The Kier molecular flexibility index (Phi) is 4.29. The minimum atomic E-state index is -3.25. The summed E-state index contributed by atoms with van der Waals surface area (Å²) >= 11 is 0. The zero-order chi connectivity index (χ0) is 14.6. The molecule has 0 unspecified atom stereocenters. The van der Waals surface area contributed by atoms with Crippen molar-refractivity contribution in [3.8, 4) is 0 Å². The van der Waals surface area contributed by atoms with Gasteiger partial charge < -0.3 is 5.32 Å². The summed E-state index contributed by atoms with van der Waals surface area (Å²) in [6.45, 7) is 3.51. The van der Waals surface area contributed by atoms with Gasteiger partial charge in [0, 0.05) is 30.5 Å². The summed E-state index contributed by atoms with van der Waals surface area (Å²) in [5.41, 5.74) is 2.47. The third-order valence-electron chi connectivity index (χ3n) is 2.67. The number of nitrogens with one attached hydrogen (secondary N) is 2. The molecule has 108 valence electrons. The predicted octanol–water partition coefficient (Wildman–Crippen LogP) is 1.89. The number of hydrogen-bond donors (Lipinski definition) is 2. The first kappa shape index (κ1) is 14.4. The smallest absolute Gasteiger partial charge is 0.229 e. The van der Waals surface area contributed by atoms with Gasteiger partial charge >= 0.3 is 0 Å². The Labute approximate surface area is 118 Å². The van der Waals surface area contributed by atoms with Gasteiger partial charge in [0.25, 0.3) is 0 Å². The van der Waals surface area contributed by atoms with Gasteiger partial charge in [0.15, 0.2) is 0 Å². The molecule has 0 aliphatic rings. The van der Waals surface area contributed by atoms with Crippen LogP contribution in [0, 0.1) is 0 Å². The van der Waals surface area contributed by atoms with Gasteiger partial charge in [-0.05, 0) is 25.1 Å². The van der Waals surface area contributed by atoms with Crippen molar-refractivity contribution in [2.24, 2.45) is 0 Å². The molecule has 0 saturated heterocycles. The summed E-state index contributed by atoms with van der Waals surface area (Å²) in [6.07, 6.45) is 4.92. The van der Waals surface area contributed by atoms with Gasteiger partial charge in [0.2, 0.25) is 10.0 Å².